The summed E-state index contributed by atoms with van der Waals surface area (Å²) in [6.07, 6.45) is 1.72. The second-order valence-corrected chi connectivity index (χ2v) is 4.10. The summed E-state index contributed by atoms with van der Waals surface area (Å²) in [5, 5.41) is 9.34. The lowest BCUT2D eigenvalue weighted by atomic mass is 10.1. The van der Waals surface area contributed by atoms with E-state index in [1.54, 1.807) is 12.1 Å². The molecule has 0 aliphatic carbocycles. The van der Waals surface area contributed by atoms with Crippen LogP contribution in [0.25, 0.3) is 0 Å². The zero-order valence-corrected chi connectivity index (χ0v) is 10.4. The van der Waals surface area contributed by atoms with Crippen LogP contribution in [0.3, 0.4) is 0 Å². The molecule has 0 aromatic heterocycles. The fraction of sp³-hybridized carbons (Fsp3) is 0.385. The van der Waals surface area contributed by atoms with Crippen LogP contribution in [0.2, 0.25) is 0 Å². The first-order valence-corrected chi connectivity index (χ1v) is 5.91. The van der Waals surface area contributed by atoms with Gasteiger partial charge in [0, 0.05) is 12.1 Å². The molecule has 0 radical (unpaired) electrons. The Morgan fingerprint density at radius 3 is 2.67 bits per heavy atom. The Hall–Kier alpha value is -2.04. The zero-order chi connectivity index (χ0) is 13.5. The minimum absolute atomic E-state index is 0.0235. The summed E-state index contributed by atoms with van der Waals surface area (Å²) in [6.45, 7) is 2.38. The van der Waals surface area contributed by atoms with E-state index in [1.165, 1.54) is 17.0 Å². The SMILES string of the molecule is CCCCN(CC(N)=O)C(=O)c1cccc(O)c1. The maximum Gasteiger partial charge on any atom is 0.254 e. The maximum atomic E-state index is 12.1. The van der Waals surface area contributed by atoms with Crippen LogP contribution in [0, 0.1) is 0 Å². The quantitative estimate of drug-likeness (QED) is 0.793. The highest BCUT2D eigenvalue weighted by atomic mass is 16.3. The van der Waals surface area contributed by atoms with Crippen molar-refractivity contribution in [1.29, 1.82) is 0 Å². The first-order chi connectivity index (χ1) is 8.54. The number of amides is 2. The van der Waals surface area contributed by atoms with E-state index in [0.717, 1.165) is 12.8 Å². The summed E-state index contributed by atoms with van der Waals surface area (Å²) < 4.78 is 0. The number of aromatic hydroxyl groups is 1. The number of primary amides is 1. The number of carbonyl (C=O) groups excluding carboxylic acids is 2. The largest absolute Gasteiger partial charge is 0.508 e. The molecule has 0 bridgehead atoms. The lowest BCUT2D eigenvalue weighted by Gasteiger charge is -2.21. The smallest absolute Gasteiger partial charge is 0.254 e. The summed E-state index contributed by atoms with van der Waals surface area (Å²) in [6, 6.07) is 6.05. The van der Waals surface area contributed by atoms with Crippen LogP contribution < -0.4 is 5.73 Å². The van der Waals surface area contributed by atoms with Crippen molar-refractivity contribution in [1.82, 2.24) is 4.90 Å². The second kappa shape index (κ2) is 6.64. The van der Waals surface area contributed by atoms with E-state index in [4.69, 9.17) is 5.73 Å². The van der Waals surface area contributed by atoms with Gasteiger partial charge in [0.05, 0.1) is 6.54 Å². The van der Waals surface area contributed by atoms with Crippen LogP contribution in [-0.2, 0) is 4.79 Å². The Bertz CT molecular complexity index is 432. The van der Waals surface area contributed by atoms with Gasteiger partial charge in [-0.15, -0.1) is 0 Å². The predicted octanol–water partition coefficient (Wildman–Crippen LogP) is 1.12. The molecule has 0 atom stereocenters. The van der Waals surface area contributed by atoms with Crippen molar-refractivity contribution in [3.63, 3.8) is 0 Å². The monoisotopic (exact) mass is 250 g/mol. The number of benzene rings is 1. The Balaban J connectivity index is 2.83. The van der Waals surface area contributed by atoms with Gasteiger partial charge in [-0.3, -0.25) is 9.59 Å². The number of nitrogens with zero attached hydrogens (tertiary/aromatic N) is 1. The van der Waals surface area contributed by atoms with Gasteiger partial charge in [0.25, 0.3) is 5.91 Å². The molecule has 1 rings (SSSR count). The van der Waals surface area contributed by atoms with Gasteiger partial charge >= 0.3 is 0 Å². The van der Waals surface area contributed by atoms with E-state index in [-0.39, 0.29) is 18.2 Å². The minimum atomic E-state index is -0.542. The van der Waals surface area contributed by atoms with Crippen LogP contribution in [0.4, 0.5) is 0 Å². The van der Waals surface area contributed by atoms with Crippen molar-refractivity contribution >= 4 is 11.8 Å². The third kappa shape index (κ3) is 4.08. The number of unbranched alkanes of at least 4 members (excludes halogenated alkanes) is 1. The van der Waals surface area contributed by atoms with Gasteiger partial charge in [0.2, 0.25) is 5.91 Å². The Labute approximate surface area is 106 Å². The van der Waals surface area contributed by atoms with Gasteiger partial charge in [-0.1, -0.05) is 19.4 Å². The van der Waals surface area contributed by atoms with E-state index in [1.807, 2.05) is 6.92 Å². The molecule has 3 N–H and O–H groups in total. The highest BCUT2D eigenvalue weighted by Gasteiger charge is 2.17. The van der Waals surface area contributed by atoms with Crippen molar-refractivity contribution in [3.05, 3.63) is 29.8 Å². The number of rotatable bonds is 6. The first-order valence-electron chi connectivity index (χ1n) is 5.91. The van der Waals surface area contributed by atoms with Crippen LogP contribution in [0.15, 0.2) is 24.3 Å². The fourth-order valence-corrected chi connectivity index (χ4v) is 1.61. The molecule has 0 saturated heterocycles. The first kappa shape index (κ1) is 14.0. The van der Waals surface area contributed by atoms with Gasteiger partial charge in [-0.25, -0.2) is 0 Å². The van der Waals surface area contributed by atoms with E-state index in [2.05, 4.69) is 0 Å². The topological polar surface area (TPSA) is 83.6 Å². The predicted molar refractivity (Wildman–Crippen MR) is 68.1 cm³/mol. The number of carbonyl (C=O) groups is 2. The highest BCUT2D eigenvalue weighted by Crippen LogP contribution is 2.13. The summed E-state index contributed by atoms with van der Waals surface area (Å²) in [5.41, 5.74) is 5.48. The molecule has 0 heterocycles. The molecule has 2 amide bonds. The highest BCUT2D eigenvalue weighted by molar-refractivity contribution is 5.96. The van der Waals surface area contributed by atoms with E-state index >= 15 is 0 Å². The molecule has 1 aromatic carbocycles. The van der Waals surface area contributed by atoms with Crippen molar-refractivity contribution in [2.24, 2.45) is 5.73 Å². The average molecular weight is 250 g/mol. The van der Waals surface area contributed by atoms with E-state index in [0.29, 0.717) is 12.1 Å². The number of nitrogens with two attached hydrogens (primary N) is 1. The van der Waals surface area contributed by atoms with Gasteiger partial charge in [0.1, 0.15) is 5.75 Å². The number of hydrogen-bond acceptors (Lipinski definition) is 3. The molecule has 0 fully saturated rings. The van der Waals surface area contributed by atoms with Gasteiger partial charge in [-0.2, -0.15) is 0 Å². The normalized spacial score (nSPS) is 10.1. The molecule has 0 aliphatic rings. The van der Waals surface area contributed by atoms with E-state index < -0.39 is 5.91 Å². The average Bonchev–Trinajstić information content (AvgIpc) is 2.33. The Morgan fingerprint density at radius 2 is 2.11 bits per heavy atom. The number of hydrogen-bond donors (Lipinski definition) is 2. The molecule has 0 aliphatic heterocycles. The Kier molecular flexibility index (Phi) is 5.17. The maximum absolute atomic E-state index is 12.1. The van der Waals surface area contributed by atoms with Crippen LogP contribution in [0.5, 0.6) is 5.75 Å². The van der Waals surface area contributed by atoms with Crippen LogP contribution >= 0.6 is 0 Å². The molecular formula is C13H18N2O3. The van der Waals surface area contributed by atoms with Gasteiger partial charge in [-0.05, 0) is 24.6 Å². The lowest BCUT2D eigenvalue weighted by Crippen LogP contribution is -2.39. The number of phenolic OH excluding ortho intramolecular Hbond substituents is 1. The van der Waals surface area contributed by atoms with Crippen LogP contribution in [0.1, 0.15) is 30.1 Å². The lowest BCUT2D eigenvalue weighted by molar-refractivity contribution is -0.118. The molecule has 98 valence electrons. The molecule has 18 heavy (non-hydrogen) atoms. The van der Waals surface area contributed by atoms with Crippen molar-refractivity contribution in [2.75, 3.05) is 13.1 Å². The fourth-order valence-electron chi connectivity index (χ4n) is 1.61. The summed E-state index contributed by atoms with van der Waals surface area (Å²) in [4.78, 5) is 24.5. The third-order valence-electron chi connectivity index (χ3n) is 2.51. The molecule has 5 heteroatoms. The van der Waals surface area contributed by atoms with Crippen molar-refractivity contribution in [3.8, 4) is 5.75 Å². The zero-order valence-electron chi connectivity index (χ0n) is 10.4. The van der Waals surface area contributed by atoms with Crippen molar-refractivity contribution in [2.45, 2.75) is 19.8 Å². The number of phenols is 1. The second-order valence-electron chi connectivity index (χ2n) is 4.10. The minimum Gasteiger partial charge on any atom is -0.508 e. The molecular weight excluding hydrogens is 232 g/mol. The third-order valence-corrected chi connectivity index (χ3v) is 2.51. The van der Waals surface area contributed by atoms with Gasteiger partial charge < -0.3 is 15.7 Å². The summed E-state index contributed by atoms with van der Waals surface area (Å²) in [5.74, 6) is -0.812. The molecule has 0 spiro atoms. The van der Waals surface area contributed by atoms with Crippen molar-refractivity contribution < 1.29 is 14.7 Å². The Morgan fingerprint density at radius 1 is 1.39 bits per heavy atom. The molecule has 1 aromatic rings. The molecule has 5 nitrogen and oxygen atoms in total. The molecule has 0 saturated carbocycles. The van der Waals surface area contributed by atoms with E-state index in [9.17, 15) is 14.7 Å². The summed E-state index contributed by atoms with van der Waals surface area (Å²) in [7, 11) is 0. The summed E-state index contributed by atoms with van der Waals surface area (Å²) >= 11 is 0. The molecule has 0 unspecified atom stereocenters. The van der Waals surface area contributed by atoms with Crippen LogP contribution in [-0.4, -0.2) is 34.9 Å². The van der Waals surface area contributed by atoms with Gasteiger partial charge in [0.15, 0.2) is 0 Å². The standard InChI is InChI=1S/C13H18N2O3/c1-2-3-7-15(9-12(14)17)13(18)10-5-4-6-11(16)8-10/h4-6,8,16H,2-3,7,9H2,1H3,(H2,14,17).